The van der Waals surface area contributed by atoms with Crippen molar-refractivity contribution in [1.29, 1.82) is 0 Å². The quantitative estimate of drug-likeness (QED) is 0.690. The van der Waals surface area contributed by atoms with E-state index in [0.29, 0.717) is 29.8 Å². The summed E-state index contributed by atoms with van der Waals surface area (Å²) in [5.74, 6) is 1.11. The van der Waals surface area contributed by atoms with E-state index in [1.807, 2.05) is 54.0 Å². The van der Waals surface area contributed by atoms with Gasteiger partial charge in [-0.05, 0) is 43.2 Å². The molecule has 3 aliphatic rings. The second-order valence-electron chi connectivity index (χ2n) is 8.70. The maximum Gasteiger partial charge on any atom is 0.328 e. The number of likely N-dealkylation sites (N-methyl/N-ethyl adjacent to an activating group) is 1. The number of anilines is 1. The van der Waals surface area contributed by atoms with E-state index in [2.05, 4.69) is 0 Å². The van der Waals surface area contributed by atoms with Crippen LogP contribution in [0.1, 0.15) is 16.7 Å². The summed E-state index contributed by atoms with van der Waals surface area (Å²) in [7, 11) is 3.32. The first-order valence-corrected chi connectivity index (χ1v) is 11.3. The van der Waals surface area contributed by atoms with Gasteiger partial charge in [-0.3, -0.25) is 9.69 Å². The number of amides is 3. The summed E-state index contributed by atoms with van der Waals surface area (Å²) in [6, 6.07) is 10.6. The summed E-state index contributed by atoms with van der Waals surface area (Å²) in [6.45, 7) is 5.49. The number of aliphatic imine (C=N–C) groups is 1. The molecule has 0 N–H and O–H groups in total. The van der Waals surface area contributed by atoms with Gasteiger partial charge in [-0.1, -0.05) is 35.4 Å². The lowest BCUT2D eigenvalue weighted by molar-refractivity contribution is -0.137. The van der Waals surface area contributed by atoms with Crippen LogP contribution in [0.2, 0.25) is 5.02 Å². The molecule has 172 valence electrons. The molecule has 33 heavy (non-hydrogen) atoms. The molecule has 0 aromatic heterocycles. The molecule has 9 heteroatoms. The Morgan fingerprint density at radius 1 is 1.12 bits per heavy atom. The van der Waals surface area contributed by atoms with Crippen LogP contribution in [0, 0.1) is 13.8 Å². The van der Waals surface area contributed by atoms with E-state index in [-0.39, 0.29) is 18.5 Å². The Morgan fingerprint density at radius 2 is 1.91 bits per heavy atom. The summed E-state index contributed by atoms with van der Waals surface area (Å²) in [6.07, 6.45) is -0.567. The van der Waals surface area contributed by atoms with Gasteiger partial charge < -0.3 is 19.4 Å². The summed E-state index contributed by atoms with van der Waals surface area (Å²) in [4.78, 5) is 38.5. The lowest BCUT2D eigenvalue weighted by Gasteiger charge is -2.40. The number of guanidine groups is 1. The van der Waals surface area contributed by atoms with Crippen molar-refractivity contribution in [3.05, 3.63) is 58.1 Å². The Hall–Kier alpha value is -3.26. The summed E-state index contributed by atoms with van der Waals surface area (Å²) >= 11 is 6.25. The van der Waals surface area contributed by atoms with Crippen molar-refractivity contribution in [2.75, 3.05) is 32.1 Å². The van der Waals surface area contributed by atoms with E-state index in [1.165, 1.54) is 4.90 Å². The van der Waals surface area contributed by atoms with Crippen LogP contribution in [0.5, 0.6) is 5.75 Å². The molecule has 3 heterocycles. The average Bonchev–Trinajstić information content (AvgIpc) is 3.37. The number of benzene rings is 2. The van der Waals surface area contributed by atoms with Gasteiger partial charge in [0.1, 0.15) is 5.75 Å². The number of imide groups is 1. The van der Waals surface area contributed by atoms with E-state index in [1.54, 1.807) is 25.1 Å². The number of hydrogen-bond donors (Lipinski definition) is 0. The number of fused-ring (bicyclic) bond motifs is 3. The highest BCUT2D eigenvalue weighted by atomic mass is 35.5. The van der Waals surface area contributed by atoms with E-state index < -0.39 is 12.2 Å². The lowest BCUT2D eigenvalue weighted by atomic mass is 10.0. The molecule has 2 aromatic rings. The number of aryl methyl sites for hydroxylation is 2. The second kappa shape index (κ2) is 7.95. The van der Waals surface area contributed by atoms with Crippen LogP contribution in [-0.4, -0.2) is 72.1 Å². The predicted molar refractivity (Wildman–Crippen MR) is 127 cm³/mol. The third kappa shape index (κ3) is 3.40. The van der Waals surface area contributed by atoms with Crippen LogP contribution in [0.25, 0.3) is 0 Å². The van der Waals surface area contributed by atoms with Crippen LogP contribution in [-0.2, 0) is 11.3 Å². The second-order valence-corrected chi connectivity index (χ2v) is 9.13. The van der Waals surface area contributed by atoms with Gasteiger partial charge >= 0.3 is 6.03 Å². The molecular weight excluding hydrogens is 442 g/mol. The summed E-state index contributed by atoms with van der Waals surface area (Å²) in [5.41, 5.74) is 3.90. The zero-order valence-electron chi connectivity index (χ0n) is 19.1. The Bertz CT molecular complexity index is 1180. The van der Waals surface area contributed by atoms with Crippen LogP contribution in [0.15, 0.2) is 41.4 Å². The molecule has 3 amide bonds. The van der Waals surface area contributed by atoms with Gasteiger partial charge in [-0.2, -0.15) is 0 Å². The van der Waals surface area contributed by atoms with Crippen molar-refractivity contribution in [3.8, 4) is 5.75 Å². The zero-order chi connectivity index (χ0) is 23.4. The molecule has 0 aliphatic carbocycles. The van der Waals surface area contributed by atoms with Crippen molar-refractivity contribution < 1.29 is 14.3 Å². The van der Waals surface area contributed by atoms with Crippen LogP contribution >= 0.6 is 11.6 Å². The highest BCUT2D eigenvalue weighted by molar-refractivity contribution is 6.31. The number of rotatable bonds is 4. The summed E-state index contributed by atoms with van der Waals surface area (Å²) in [5, 5.41) is 0.586. The minimum atomic E-state index is -0.567. The minimum Gasteiger partial charge on any atom is -0.495 e. The Morgan fingerprint density at radius 3 is 2.67 bits per heavy atom. The van der Waals surface area contributed by atoms with Gasteiger partial charge in [0.05, 0.1) is 19.3 Å². The van der Waals surface area contributed by atoms with Crippen LogP contribution in [0.3, 0.4) is 0 Å². The average molecular weight is 468 g/mol. The van der Waals surface area contributed by atoms with Gasteiger partial charge in [0.2, 0.25) is 5.96 Å². The van der Waals surface area contributed by atoms with E-state index in [4.69, 9.17) is 21.3 Å². The monoisotopic (exact) mass is 467 g/mol. The largest absolute Gasteiger partial charge is 0.495 e. The van der Waals surface area contributed by atoms with E-state index >= 15 is 0 Å². The van der Waals surface area contributed by atoms with Crippen LogP contribution < -0.4 is 9.64 Å². The Balaban J connectivity index is 1.47. The molecule has 2 unspecified atom stereocenters. The maximum absolute atomic E-state index is 13.6. The molecule has 2 atom stereocenters. The smallest absolute Gasteiger partial charge is 0.328 e. The van der Waals surface area contributed by atoms with Crippen molar-refractivity contribution in [2.24, 2.45) is 4.99 Å². The number of urea groups is 1. The van der Waals surface area contributed by atoms with Crippen molar-refractivity contribution in [2.45, 2.75) is 32.6 Å². The minimum absolute atomic E-state index is 0.220. The fourth-order valence-corrected chi connectivity index (χ4v) is 4.99. The molecule has 0 saturated carbocycles. The van der Waals surface area contributed by atoms with E-state index in [0.717, 1.165) is 22.4 Å². The van der Waals surface area contributed by atoms with Gasteiger partial charge in [0, 0.05) is 25.2 Å². The highest BCUT2D eigenvalue weighted by Crippen LogP contribution is 2.38. The topological polar surface area (TPSA) is 68.7 Å². The molecule has 3 aliphatic heterocycles. The number of nitrogens with zero attached hydrogens (tertiary/aromatic N) is 5. The number of hydrogen-bond acceptors (Lipinski definition) is 6. The molecule has 2 fully saturated rings. The predicted octanol–water partition coefficient (Wildman–Crippen LogP) is 3.25. The zero-order valence-corrected chi connectivity index (χ0v) is 19.8. The SMILES string of the molecule is COc1ccc(Cl)cc1N1CCN2C1=NC1C2C(=O)N(Cc2cc(C)ccc2C)C(=O)N1C. The Kier molecular flexibility index (Phi) is 5.20. The van der Waals surface area contributed by atoms with Gasteiger partial charge in [-0.25, -0.2) is 9.79 Å². The maximum atomic E-state index is 13.6. The first-order valence-electron chi connectivity index (χ1n) is 10.9. The Labute approximate surface area is 198 Å². The first-order chi connectivity index (χ1) is 15.8. The fourth-order valence-electron chi connectivity index (χ4n) is 4.83. The number of ether oxygens (including phenoxy) is 1. The first kappa shape index (κ1) is 21.6. The highest BCUT2D eigenvalue weighted by Gasteiger charge is 2.54. The molecule has 0 spiro atoms. The number of carbonyl (C=O) groups is 2. The molecule has 2 saturated heterocycles. The molecule has 0 bridgehead atoms. The standard InChI is InChI=1S/C24H26ClN5O3/c1-14-5-6-15(2)16(11-14)13-30-22(31)20-21(27(3)24(30)32)26-23-28(9-10-29(20)23)18-12-17(25)7-8-19(18)33-4/h5-8,11-12,20-21H,9-10,13H2,1-4H3. The van der Waals surface area contributed by atoms with Crippen LogP contribution in [0.4, 0.5) is 10.5 Å². The van der Waals surface area contributed by atoms with Gasteiger partial charge in [0.15, 0.2) is 12.2 Å². The van der Waals surface area contributed by atoms with Gasteiger partial charge in [-0.15, -0.1) is 0 Å². The number of methoxy groups -OCH3 is 1. The molecular formula is C24H26ClN5O3. The molecule has 2 aromatic carbocycles. The molecule has 5 rings (SSSR count). The lowest BCUT2D eigenvalue weighted by Crippen LogP contribution is -2.64. The fraction of sp³-hybridized carbons (Fsp3) is 0.375. The number of carbonyl (C=O) groups excluding carboxylic acids is 2. The normalized spacial score (nSPS) is 22.0. The third-order valence-electron chi connectivity index (χ3n) is 6.64. The van der Waals surface area contributed by atoms with E-state index in [9.17, 15) is 9.59 Å². The third-order valence-corrected chi connectivity index (χ3v) is 6.88. The number of halogens is 1. The molecule has 0 radical (unpaired) electrons. The van der Waals surface area contributed by atoms with Crippen molar-refractivity contribution >= 4 is 35.2 Å². The van der Waals surface area contributed by atoms with Gasteiger partial charge in [0.25, 0.3) is 5.91 Å². The summed E-state index contributed by atoms with van der Waals surface area (Å²) < 4.78 is 5.53. The van der Waals surface area contributed by atoms with Crippen molar-refractivity contribution in [3.63, 3.8) is 0 Å². The molecule has 8 nitrogen and oxygen atoms in total. The van der Waals surface area contributed by atoms with Crippen molar-refractivity contribution in [1.82, 2.24) is 14.7 Å².